The number of hydrogen-bond donors (Lipinski definition) is 3. The molecule has 1 aliphatic heterocycles. The Morgan fingerprint density at radius 1 is 1.17 bits per heavy atom. The molecule has 4 N–H and O–H groups in total. The zero-order chi connectivity index (χ0) is 13.0. The number of aliphatic hydroxyl groups excluding tert-OH is 2. The molecule has 0 bridgehead atoms. The van der Waals surface area contributed by atoms with Crippen LogP contribution in [0.25, 0.3) is 0 Å². The fourth-order valence-electron chi connectivity index (χ4n) is 2.30. The van der Waals surface area contributed by atoms with E-state index in [0.717, 1.165) is 37.6 Å². The van der Waals surface area contributed by atoms with Crippen molar-refractivity contribution in [1.29, 1.82) is 0 Å². The van der Waals surface area contributed by atoms with Crippen molar-refractivity contribution >= 4 is 11.4 Å². The summed E-state index contributed by atoms with van der Waals surface area (Å²) in [7, 11) is 0. The second kappa shape index (κ2) is 6.04. The van der Waals surface area contributed by atoms with E-state index in [1.807, 2.05) is 24.3 Å². The smallest absolute Gasteiger partial charge is 0.0897 e. The van der Waals surface area contributed by atoms with E-state index in [1.54, 1.807) is 0 Å². The van der Waals surface area contributed by atoms with Gasteiger partial charge in [-0.1, -0.05) is 12.1 Å². The maximum atomic E-state index is 9.41. The van der Waals surface area contributed by atoms with E-state index >= 15 is 0 Å². The van der Waals surface area contributed by atoms with Gasteiger partial charge in [0.2, 0.25) is 0 Å². The Hall–Kier alpha value is -1.30. The number of benzene rings is 1. The molecule has 1 aromatic rings. The Bertz CT molecular complexity index is 378. The van der Waals surface area contributed by atoms with Gasteiger partial charge >= 0.3 is 0 Å². The lowest BCUT2D eigenvalue weighted by Gasteiger charge is -2.37. The number of β-amino-alcohol motifs (C(OH)–C–C–N with tert-alkyl or cyclic N) is 1. The minimum absolute atomic E-state index is 0.175. The van der Waals surface area contributed by atoms with Crippen molar-refractivity contribution in [2.24, 2.45) is 0 Å². The molecule has 5 nitrogen and oxygen atoms in total. The van der Waals surface area contributed by atoms with Gasteiger partial charge in [-0.15, -0.1) is 0 Å². The minimum Gasteiger partial charge on any atom is -0.397 e. The van der Waals surface area contributed by atoms with Gasteiger partial charge in [0.05, 0.1) is 24.1 Å². The van der Waals surface area contributed by atoms with Crippen LogP contribution in [-0.2, 0) is 0 Å². The SMILES string of the molecule is Nc1ccccc1N1CCN(CC(O)CO)CC1. The van der Waals surface area contributed by atoms with Gasteiger partial charge in [0.15, 0.2) is 0 Å². The first-order chi connectivity index (χ1) is 8.70. The van der Waals surface area contributed by atoms with Gasteiger partial charge in [-0.3, -0.25) is 4.90 Å². The number of anilines is 2. The Morgan fingerprint density at radius 2 is 1.83 bits per heavy atom. The van der Waals surface area contributed by atoms with Crippen molar-refractivity contribution in [3.8, 4) is 0 Å². The molecule has 1 aliphatic rings. The molecular weight excluding hydrogens is 230 g/mol. The van der Waals surface area contributed by atoms with E-state index in [1.165, 1.54) is 0 Å². The van der Waals surface area contributed by atoms with E-state index < -0.39 is 6.10 Å². The molecule has 1 heterocycles. The van der Waals surface area contributed by atoms with Crippen molar-refractivity contribution in [3.63, 3.8) is 0 Å². The van der Waals surface area contributed by atoms with E-state index in [0.29, 0.717) is 6.54 Å². The molecule has 0 saturated carbocycles. The highest BCUT2D eigenvalue weighted by molar-refractivity contribution is 5.67. The van der Waals surface area contributed by atoms with E-state index in [-0.39, 0.29) is 6.61 Å². The lowest BCUT2D eigenvalue weighted by molar-refractivity contribution is 0.0575. The van der Waals surface area contributed by atoms with Crippen LogP contribution in [0.1, 0.15) is 0 Å². The molecule has 1 unspecified atom stereocenters. The minimum atomic E-state index is -0.640. The van der Waals surface area contributed by atoms with Crippen LogP contribution in [0.2, 0.25) is 0 Å². The molecule has 1 saturated heterocycles. The van der Waals surface area contributed by atoms with Crippen LogP contribution in [0.15, 0.2) is 24.3 Å². The Balaban J connectivity index is 1.89. The van der Waals surface area contributed by atoms with Gasteiger partial charge in [0.25, 0.3) is 0 Å². The first-order valence-corrected chi connectivity index (χ1v) is 6.31. The molecule has 0 radical (unpaired) electrons. The highest BCUT2D eigenvalue weighted by atomic mass is 16.3. The van der Waals surface area contributed by atoms with Gasteiger partial charge in [-0.2, -0.15) is 0 Å². The molecule has 0 amide bonds. The number of nitrogens with zero attached hydrogens (tertiary/aromatic N) is 2. The molecule has 100 valence electrons. The predicted octanol–water partition coefficient (Wildman–Crippen LogP) is -0.256. The van der Waals surface area contributed by atoms with Gasteiger partial charge in [-0.05, 0) is 12.1 Å². The van der Waals surface area contributed by atoms with Gasteiger partial charge in [-0.25, -0.2) is 0 Å². The molecule has 1 fully saturated rings. The molecule has 0 aliphatic carbocycles. The standard InChI is InChI=1S/C13H21N3O2/c14-12-3-1-2-4-13(12)16-7-5-15(6-8-16)9-11(18)10-17/h1-4,11,17-18H,5-10,14H2. The molecule has 1 aromatic carbocycles. The highest BCUT2D eigenvalue weighted by Crippen LogP contribution is 2.23. The fourth-order valence-corrected chi connectivity index (χ4v) is 2.30. The van der Waals surface area contributed by atoms with Gasteiger partial charge in [0.1, 0.15) is 0 Å². The fraction of sp³-hybridized carbons (Fsp3) is 0.538. The highest BCUT2D eigenvalue weighted by Gasteiger charge is 2.19. The number of aliphatic hydroxyl groups is 2. The maximum absolute atomic E-state index is 9.41. The Morgan fingerprint density at radius 3 is 2.44 bits per heavy atom. The number of para-hydroxylation sites is 2. The molecule has 1 atom stereocenters. The summed E-state index contributed by atoms with van der Waals surface area (Å²) >= 11 is 0. The van der Waals surface area contributed by atoms with Gasteiger partial charge in [0, 0.05) is 32.7 Å². The summed E-state index contributed by atoms with van der Waals surface area (Å²) in [4.78, 5) is 4.42. The summed E-state index contributed by atoms with van der Waals surface area (Å²) in [6.07, 6.45) is -0.640. The summed E-state index contributed by atoms with van der Waals surface area (Å²) in [5.41, 5.74) is 7.85. The average Bonchev–Trinajstić information content (AvgIpc) is 2.40. The third kappa shape index (κ3) is 3.13. The van der Waals surface area contributed by atoms with Crippen LogP contribution in [0, 0.1) is 0 Å². The van der Waals surface area contributed by atoms with Crippen LogP contribution < -0.4 is 10.6 Å². The zero-order valence-corrected chi connectivity index (χ0v) is 10.5. The molecule has 0 aromatic heterocycles. The second-order valence-electron chi connectivity index (χ2n) is 4.68. The molecule has 18 heavy (non-hydrogen) atoms. The van der Waals surface area contributed by atoms with Crippen molar-refractivity contribution < 1.29 is 10.2 Å². The quantitative estimate of drug-likeness (QED) is 0.643. The number of rotatable bonds is 4. The normalized spacial score (nSPS) is 18.9. The van der Waals surface area contributed by atoms with E-state index in [4.69, 9.17) is 10.8 Å². The molecule has 5 heteroatoms. The Labute approximate surface area is 107 Å². The summed E-state index contributed by atoms with van der Waals surface area (Å²) in [6, 6.07) is 7.88. The van der Waals surface area contributed by atoms with Crippen molar-refractivity contribution in [3.05, 3.63) is 24.3 Å². The van der Waals surface area contributed by atoms with Crippen molar-refractivity contribution in [2.75, 3.05) is 50.0 Å². The zero-order valence-electron chi connectivity index (χ0n) is 10.5. The topological polar surface area (TPSA) is 73.0 Å². The summed E-state index contributed by atoms with van der Waals surface area (Å²) in [6.45, 7) is 3.91. The van der Waals surface area contributed by atoms with E-state index in [2.05, 4.69) is 9.80 Å². The van der Waals surface area contributed by atoms with Crippen LogP contribution >= 0.6 is 0 Å². The van der Waals surface area contributed by atoms with Crippen LogP contribution in [0.4, 0.5) is 11.4 Å². The third-order valence-corrected chi connectivity index (χ3v) is 3.33. The van der Waals surface area contributed by atoms with Crippen LogP contribution in [0.5, 0.6) is 0 Å². The largest absolute Gasteiger partial charge is 0.397 e. The monoisotopic (exact) mass is 251 g/mol. The third-order valence-electron chi connectivity index (χ3n) is 3.33. The van der Waals surface area contributed by atoms with Crippen molar-refractivity contribution in [1.82, 2.24) is 4.90 Å². The van der Waals surface area contributed by atoms with Crippen molar-refractivity contribution in [2.45, 2.75) is 6.10 Å². The number of nitrogen functional groups attached to an aromatic ring is 1. The molecule has 0 spiro atoms. The lowest BCUT2D eigenvalue weighted by Crippen LogP contribution is -2.49. The number of piperazine rings is 1. The molecule has 2 rings (SSSR count). The molecular formula is C13H21N3O2. The second-order valence-corrected chi connectivity index (χ2v) is 4.68. The lowest BCUT2D eigenvalue weighted by atomic mass is 10.2. The summed E-state index contributed by atoms with van der Waals surface area (Å²) in [5.74, 6) is 0. The maximum Gasteiger partial charge on any atom is 0.0897 e. The first-order valence-electron chi connectivity index (χ1n) is 6.31. The summed E-state index contributed by atoms with van der Waals surface area (Å²) in [5, 5.41) is 18.2. The van der Waals surface area contributed by atoms with Crippen LogP contribution in [0.3, 0.4) is 0 Å². The van der Waals surface area contributed by atoms with E-state index in [9.17, 15) is 5.11 Å². The van der Waals surface area contributed by atoms with Crippen LogP contribution in [-0.4, -0.2) is 60.5 Å². The predicted molar refractivity (Wildman–Crippen MR) is 72.6 cm³/mol. The Kier molecular flexibility index (Phi) is 4.41. The number of nitrogens with two attached hydrogens (primary N) is 1. The summed E-state index contributed by atoms with van der Waals surface area (Å²) < 4.78 is 0. The number of hydrogen-bond acceptors (Lipinski definition) is 5. The first kappa shape index (κ1) is 13.1. The van der Waals surface area contributed by atoms with Gasteiger partial charge < -0.3 is 20.8 Å². The average molecular weight is 251 g/mol.